The average molecular weight is 506 g/mol. The lowest BCUT2D eigenvalue weighted by Crippen LogP contribution is -2.57. The van der Waals surface area contributed by atoms with Crippen molar-refractivity contribution in [3.05, 3.63) is 35.9 Å². The monoisotopic (exact) mass is 505 g/mol. The van der Waals surface area contributed by atoms with Crippen LogP contribution < -0.4 is 22.1 Å². The van der Waals surface area contributed by atoms with Crippen LogP contribution in [0, 0.1) is 0 Å². The molecule has 0 aliphatic carbocycles. The van der Waals surface area contributed by atoms with Crippen LogP contribution in [0.5, 0.6) is 0 Å². The summed E-state index contributed by atoms with van der Waals surface area (Å²) in [7, 11) is 0. The molecule has 4 amide bonds. The maximum Gasteiger partial charge on any atom is 0.326 e. The molecule has 13 nitrogen and oxygen atoms in total. The smallest absolute Gasteiger partial charge is 0.326 e. The Bertz CT molecular complexity index is 986. The Morgan fingerprint density at radius 3 is 2.28 bits per heavy atom. The second-order valence-electron chi connectivity index (χ2n) is 8.55. The summed E-state index contributed by atoms with van der Waals surface area (Å²) in [6, 6.07) is 3.67. The predicted molar refractivity (Wildman–Crippen MR) is 125 cm³/mol. The Morgan fingerprint density at radius 1 is 1.03 bits per heavy atom. The minimum Gasteiger partial charge on any atom is -0.481 e. The van der Waals surface area contributed by atoms with Crippen LogP contribution in [0.3, 0.4) is 0 Å². The average Bonchev–Trinajstić information content (AvgIpc) is 3.31. The molecule has 1 aliphatic heterocycles. The van der Waals surface area contributed by atoms with Crippen molar-refractivity contribution in [1.82, 2.24) is 15.5 Å². The molecule has 196 valence electrons. The lowest BCUT2D eigenvalue weighted by Gasteiger charge is -2.28. The summed E-state index contributed by atoms with van der Waals surface area (Å²) in [6.07, 6.45) is -0.303. The molecule has 0 aromatic heterocycles. The molecule has 1 aromatic rings. The molecule has 0 saturated carbocycles. The number of carboxylic acids is 2. The molecule has 13 heteroatoms. The van der Waals surface area contributed by atoms with E-state index in [2.05, 4.69) is 10.6 Å². The lowest BCUT2D eigenvalue weighted by atomic mass is 10.0. The number of rotatable bonds is 13. The van der Waals surface area contributed by atoms with Gasteiger partial charge in [0.05, 0.1) is 12.5 Å². The van der Waals surface area contributed by atoms with Gasteiger partial charge in [0.15, 0.2) is 0 Å². The van der Waals surface area contributed by atoms with Crippen LogP contribution in [0.25, 0.3) is 0 Å². The highest BCUT2D eigenvalue weighted by Crippen LogP contribution is 2.19. The summed E-state index contributed by atoms with van der Waals surface area (Å²) in [5.41, 5.74) is 11.7. The fourth-order valence-electron chi connectivity index (χ4n) is 3.92. The number of carbonyl (C=O) groups is 6. The highest BCUT2D eigenvalue weighted by Gasteiger charge is 2.38. The van der Waals surface area contributed by atoms with E-state index in [1.807, 2.05) is 0 Å². The van der Waals surface area contributed by atoms with Gasteiger partial charge in [0.25, 0.3) is 0 Å². The minimum atomic E-state index is -1.47. The Kier molecular flexibility index (Phi) is 10.3. The van der Waals surface area contributed by atoms with Crippen molar-refractivity contribution in [3.63, 3.8) is 0 Å². The van der Waals surface area contributed by atoms with Gasteiger partial charge >= 0.3 is 11.9 Å². The van der Waals surface area contributed by atoms with Gasteiger partial charge in [0.2, 0.25) is 23.6 Å². The maximum atomic E-state index is 13.0. The molecule has 1 aromatic carbocycles. The minimum absolute atomic E-state index is 0.0295. The van der Waals surface area contributed by atoms with E-state index in [4.69, 9.17) is 16.6 Å². The van der Waals surface area contributed by atoms with Gasteiger partial charge in [-0.05, 0) is 24.8 Å². The number of hydrogen-bond acceptors (Lipinski definition) is 7. The zero-order valence-electron chi connectivity index (χ0n) is 19.6. The van der Waals surface area contributed by atoms with E-state index in [1.54, 1.807) is 30.3 Å². The third kappa shape index (κ3) is 8.34. The topological polar surface area (TPSA) is 222 Å². The van der Waals surface area contributed by atoms with Crippen molar-refractivity contribution in [2.75, 3.05) is 6.54 Å². The van der Waals surface area contributed by atoms with Crippen LogP contribution >= 0.6 is 0 Å². The van der Waals surface area contributed by atoms with Crippen molar-refractivity contribution in [1.29, 1.82) is 0 Å². The summed E-state index contributed by atoms with van der Waals surface area (Å²) < 4.78 is 0. The molecule has 0 spiro atoms. The highest BCUT2D eigenvalue weighted by atomic mass is 16.4. The molecule has 4 atom stereocenters. The van der Waals surface area contributed by atoms with Crippen molar-refractivity contribution in [3.8, 4) is 0 Å². The number of amides is 4. The number of likely N-dealkylation sites (tertiary alicyclic amines) is 1. The van der Waals surface area contributed by atoms with Gasteiger partial charge in [-0.1, -0.05) is 30.3 Å². The molecule has 36 heavy (non-hydrogen) atoms. The molecule has 2 rings (SSSR count). The summed E-state index contributed by atoms with van der Waals surface area (Å²) >= 11 is 0. The fourth-order valence-corrected chi connectivity index (χ4v) is 3.92. The number of hydrogen-bond donors (Lipinski definition) is 6. The zero-order valence-corrected chi connectivity index (χ0v) is 19.6. The molecule has 8 N–H and O–H groups in total. The second-order valence-corrected chi connectivity index (χ2v) is 8.55. The normalized spacial score (nSPS) is 17.5. The molecule has 0 radical (unpaired) electrons. The van der Waals surface area contributed by atoms with E-state index in [0.29, 0.717) is 12.0 Å². The zero-order chi connectivity index (χ0) is 26.8. The summed E-state index contributed by atoms with van der Waals surface area (Å²) in [6.45, 7) is 0.211. The quantitative estimate of drug-likeness (QED) is 0.180. The van der Waals surface area contributed by atoms with Crippen LogP contribution in [0.15, 0.2) is 30.3 Å². The predicted octanol–water partition coefficient (Wildman–Crippen LogP) is -1.66. The van der Waals surface area contributed by atoms with Crippen LogP contribution in [-0.4, -0.2) is 81.4 Å². The molecule has 1 aliphatic rings. The third-order valence-electron chi connectivity index (χ3n) is 5.76. The number of carbonyl (C=O) groups excluding carboxylic acids is 4. The van der Waals surface area contributed by atoms with Crippen LogP contribution in [0.4, 0.5) is 0 Å². The van der Waals surface area contributed by atoms with Crippen LogP contribution in [0.1, 0.15) is 37.7 Å². The van der Waals surface area contributed by atoms with Crippen LogP contribution in [0.2, 0.25) is 0 Å². The van der Waals surface area contributed by atoms with E-state index < -0.39 is 66.2 Å². The van der Waals surface area contributed by atoms with Gasteiger partial charge in [-0.2, -0.15) is 0 Å². The molecule has 0 bridgehead atoms. The molecular formula is C23H31N5O8. The Labute approximate surface area is 207 Å². The van der Waals surface area contributed by atoms with Crippen molar-refractivity contribution >= 4 is 35.6 Å². The number of nitrogens with two attached hydrogens (primary N) is 2. The Hall–Kier alpha value is -4.00. The molecule has 1 saturated heterocycles. The first-order chi connectivity index (χ1) is 17.0. The number of primary amides is 1. The number of carboxylic acid groups (broad SMARTS) is 2. The maximum absolute atomic E-state index is 13.0. The number of benzene rings is 1. The van der Waals surface area contributed by atoms with E-state index in [1.165, 1.54) is 4.90 Å². The number of nitrogens with one attached hydrogen (secondary N) is 2. The van der Waals surface area contributed by atoms with Crippen molar-refractivity contribution in [2.45, 2.75) is 62.7 Å². The van der Waals surface area contributed by atoms with Gasteiger partial charge in [0.1, 0.15) is 18.1 Å². The summed E-state index contributed by atoms with van der Waals surface area (Å²) in [4.78, 5) is 73.7. The Balaban J connectivity index is 2.09. The first kappa shape index (κ1) is 28.2. The van der Waals surface area contributed by atoms with Crippen molar-refractivity contribution < 1.29 is 39.0 Å². The Morgan fingerprint density at radius 2 is 1.69 bits per heavy atom. The van der Waals surface area contributed by atoms with Gasteiger partial charge in [-0.15, -0.1) is 0 Å². The number of nitrogens with zero attached hydrogens (tertiary/aromatic N) is 1. The SMILES string of the molecule is NC(=O)CC(NC(=O)C1CCCN1C(=O)C(N)CCC(=O)O)C(=O)NC(Cc1ccccc1)C(=O)O. The first-order valence-corrected chi connectivity index (χ1v) is 11.4. The van der Waals surface area contributed by atoms with Gasteiger partial charge in [-0.25, -0.2) is 4.79 Å². The summed E-state index contributed by atoms with van der Waals surface area (Å²) in [5, 5.41) is 23.1. The lowest BCUT2D eigenvalue weighted by molar-refractivity contribution is -0.143. The van der Waals surface area contributed by atoms with Gasteiger partial charge in [0, 0.05) is 19.4 Å². The van der Waals surface area contributed by atoms with Gasteiger partial charge in [-0.3, -0.25) is 24.0 Å². The summed E-state index contributed by atoms with van der Waals surface area (Å²) in [5.74, 6) is -5.57. The molecular weight excluding hydrogens is 474 g/mol. The van der Waals surface area contributed by atoms with E-state index in [9.17, 15) is 33.9 Å². The van der Waals surface area contributed by atoms with Gasteiger partial charge < -0.3 is 37.2 Å². The van der Waals surface area contributed by atoms with E-state index in [0.717, 1.165) is 0 Å². The molecule has 4 unspecified atom stereocenters. The van der Waals surface area contributed by atoms with Crippen LogP contribution in [-0.2, 0) is 35.2 Å². The first-order valence-electron chi connectivity index (χ1n) is 11.4. The third-order valence-corrected chi connectivity index (χ3v) is 5.76. The highest BCUT2D eigenvalue weighted by molar-refractivity contribution is 5.96. The standard InChI is InChI=1S/C23H31N5O8/c24-14(8-9-19(30)31)22(34)28-10-4-7-17(28)21(33)26-15(12-18(25)29)20(32)27-16(23(35)36)11-13-5-2-1-3-6-13/h1-3,5-6,14-17H,4,7-12,24H2,(H2,25,29)(H,26,33)(H,27,32)(H,30,31)(H,35,36). The van der Waals surface area contributed by atoms with E-state index >= 15 is 0 Å². The number of aliphatic carboxylic acids is 2. The second kappa shape index (κ2) is 13.2. The molecule has 1 heterocycles. The fraction of sp³-hybridized carbons (Fsp3) is 0.478. The largest absolute Gasteiger partial charge is 0.481 e. The van der Waals surface area contributed by atoms with Crippen molar-refractivity contribution in [2.24, 2.45) is 11.5 Å². The molecule has 1 fully saturated rings. The van der Waals surface area contributed by atoms with E-state index in [-0.39, 0.29) is 32.2 Å².